The molecule has 0 heterocycles. The lowest BCUT2D eigenvalue weighted by molar-refractivity contribution is -0.0498. The normalized spacial score (nSPS) is 10.2. The summed E-state index contributed by atoms with van der Waals surface area (Å²) in [5, 5.41) is 0. The van der Waals surface area contributed by atoms with Crippen LogP contribution in [0.2, 0.25) is 0 Å². The van der Waals surface area contributed by atoms with E-state index in [4.69, 9.17) is 5.73 Å². The molecule has 2 aromatic rings. The number of carbonyl (C=O) groups excluding carboxylic acids is 1. The van der Waals surface area contributed by atoms with Gasteiger partial charge in [0.25, 0.3) is 5.91 Å². The molecule has 0 spiro atoms. The van der Waals surface area contributed by atoms with Gasteiger partial charge in [0, 0.05) is 18.7 Å². The van der Waals surface area contributed by atoms with Crippen LogP contribution in [-0.4, -0.2) is 30.5 Å². The summed E-state index contributed by atoms with van der Waals surface area (Å²) in [7, 11) is 0. The molecule has 4 nitrogen and oxygen atoms in total. The van der Waals surface area contributed by atoms with Gasteiger partial charge in [0.2, 0.25) is 0 Å². The first-order valence-corrected chi connectivity index (χ1v) is 7.68. The van der Waals surface area contributed by atoms with Gasteiger partial charge in [0.1, 0.15) is 5.75 Å². The summed E-state index contributed by atoms with van der Waals surface area (Å²) in [6.45, 7) is -1.40. The Morgan fingerprint density at radius 3 is 2.28 bits per heavy atom. The Balaban J connectivity index is 0.00000312. The number of rotatable bonds is 8. The van der Waals surface area contributed by atoms with Crippen molar-refractivity contribution in [3.05, 3.63) is 65.7 Å². The van der Waals surface area contributed by atoms with Crippen LogP contribution in [0.1, 0.15) is 22.3 Å². The molecule has 0 aliphatic rings. The summed E-state index contributed by atoms with van der Waals surface area (Å²) in [4.78, 5) is 14.4. The van der Waals surface area contributed by atoms with E-state index < -0.39 is 6.61 Å². The van der Waals surface area contributed by atoms with E-state index in [1.807, 2.05) is 30.3 Å². The summed E-state index contributed by atoms with van der Waals surface area (Å²) in [5.74, 6) is -0.144. The minimum Gasteiger partial charge on any atom is -0.435 e. The second-order valence-corrected chi connectivity index (χ2v) is 5.26. The molecule has 0 unspecified atom stereocenters. The maximum atomic E-state index is 12.7. The third kappa shape index (κ3) is 6.68. The molecule has 7 heteroatoms. The molecule has 2 rings (SSSR count). The zero-order valence-electron chi connectivity index (χ0n) is 13.6. The smallest absolute Gasteiger partial charge is 0.387 e. The lowest BCUT2D eigenvalue weighted by Gasteiger charge is -2.23. The molecule has 2 aromatic carbocycles. The standard InChI is InChI=1S/C18H20F2N2O2.ClH/c19-18(20)24-16-9-7-15(8-10-16)17(23)22(12-4-11-21)13-14-5-2-1-3-6-14;/h1-3,5-10,18H,4,11-13,21H2;1H. The summed E-state index contributed by atoms with van der Waals surface area (Å²) < 4.78 is 28.7. The number of ether oxygens (including phenoxy) is 1. The Kier molecular flexibility index (Phi) is 8.88. The van der Waals surface area contributed by atoms with Crippen molar-refractivity contribution in [1.29, 1.82) is 0 Å². The van der Waals surface area contributed by atoms with Crippen LogP contribution in [-0.2, 0) is 6.54 Å². The van der Waals surface area contributed by atoms with Gasteiger partial charge in [-0.05, 0) is 42.8 Å². The van der Waals surface area contributed by atoms with Crippen molar-refractivity contribution < 1.29 is 18.3 Å². The first kappa shape index (κ1) is 20.9. The third-order valence-corrected chi connectivity index (χ3v) is 3.46. The molecule has 0 atom stereocenters. The molecular formula is C18H21ClF2N2O2. The molecule has 1 amide bonds. The van der Waals surface area contributed by atoms with Crippen molar-refractivity contribution in [2.24, 2.45) is 5.73 Å². The fourth-order valence-corrected chi connectivity index (χ4v) is 2.30. The predicted octanol–water partition coefficient (Wildman–Crippen LogP) is 3.70. The number of nitrogens with zero attached hydrogens (tertiary/aromatic N) is 1. The topological polar surface area (TPSA) is 55.6 Å². The van der Waals surface area contributed by atoms with E-state index in [2.05, 4.69) is 4.74 Å². The van der Waals surface area contributed by atoms with Gasteiger partial charge in [-0.15, -0.1) is 12.4 Å². The summed E-state index contributed by atoms with van der Waals surface area (Å²) in [5.41, 5.74) is 6.98. The van der Waals surface area contributed by atoms with E-state index >= 15 is 0 Å². The number of hydrogen-bond acceptors (Lipinski definition) is 3. The van der Waals surface area contributed by atoms with Gasteiger partial charge in [0.15, 0.2) is 0 Å². The van der Waals surface area contributed by atoms with Gasteiger partial charge in [0.05, 0.1) is 0 Å². The average molecular weight is 371 g/mol. The third-order valence-electron chi connectivity index (χ3n) is 3.46. The zero-order valence-corrected chi connectivity index (χ0v) is 14.4. The minimum absolute atomic E-state index is 0. The van der Waals surface area contributed by atoms with Crippen molar-refractivity contribution in [2.45, 2.75) is 19.6 Å². The Morgan fingerprint density at radius 2 is 1.72 bits per heavy atom. The van der Waals surface area contributed by atoms with Crippen LogP contribution in [0, 0.1) is 0 Å². The van der Waals surface area contributed by atoms with Crippen LogP contribution in [0.25, 0.3) is 0 Å². The number of carbonyl (C=O) groups is 1. The molecule has 2 N–H and O–H groups in total. The van der Waals surface area contributed by atoms with Crippen LogP contribution in [0.3, 0.4) is 0 Å². The molecule has 25 heavy (non-hydrogen) atoms. The van der Waals surface area contributed by atoms with Gasteiger partial charge in [-0.25, -0.2) is 0 Å². The summed E-state index contributed by atoms with van der Waals surface area (Å²) >= 11 is 0. The SMILES string of the molecule is Cl.NCCCN(Cc1ccccc1)C(=O)c1ccc(OC(F)F)cc1. The first-order valence-electron chi connectivity index (χ1n) is 7.68. The Morgan fingerprint density at radius 1 is 1.08 bits per heavy atom. The maximum Gasteiger partial charge on any atom is 0.387 e. The molecule has 0 bridgehead atoms. The molecule has 136 valence electrons. The van der Waals surface area contributed by atoms with Crippen LogP contribution < -0.4 is 10.5 Å². The number of alkyl halides is 2. The quantitative estimate of drug-likeness (QED) is 0.770. The fraction of sp³-hybridized carbons (Fsp3) is 0.278. The largest absolute Gasteiger partial charge is 0.435 e. The number of hydrogen-bond donors (Lipinski definition) is 1. The summed E-state index contributed by atoms with van der Waals surface area (Å²) in [6.07, 6.45) is 0.686. The Bertz CT molecular complexity index is 639. The summed E-state index contributed by atoms with van der Waals surface area (Å²) in [6, 6.07) is 15.3. The van der Waals surface area contributed by atoms with Crippen molar-refractivity contribution in [3.63, 3.8) is 0 Å². The van der Waals surface area contributed by atoms with Crippen LogP contribution in [0.5, 0.6) is 5.75 Å². The highest BCUT2D eigenvalue weighted by atomic mass is 35.5. The van der Waals surface area contributed by atoms with Gasteiger partial charge >= 0.3 is 6.61 Å². The van der Waals surface area contributed by atoms with Crippen molar-refractivity contribution in [2.75, 3.05) is 13.1 Å². The highest BCUT2D eigenvalue weighted by molar-refractivity contribution is 5.94. The van der Waals surface area contributed by atoms with Crippen molar-refractivity contribution >= 4 is 18.3 Å². The minimum atomic E-state index is -2.88. The number of nitrogens with two attached hydrogens (primary N) is 1. The molecule has 0 saturated heterocycles. The predicted molar refractivity (Wildman–Crippen MR) is 95.2 cm³/mol. The van der Waals surface area contributed by atoms with Crippen LogP contribution in [0.4, 0.5) is 8.78 Å². The molecule has 0 fully saturated rings. The molecule has 0 aromatic heterocycles. The average Bonchev–Trinajstić information content (AvgIpc) is 2.59. The molecular weight excluding hydrogens is 350 g/mol. The van der Waals surface area contributed by atoms with E-state index in [-0.39, 0.29) is 24.1 Å². The lowest BCUT2D eigenvalue weighted by atomic mass is 10.1. The molecule has 0 aliphatic heterocycles. The molecule has 0 saturated carbocycles. The molecule has 0 radical (unpaired) electrons. The Hall–Kier alpha value is -2.18. The van der Waals surface area contributed by atoms with Gasteiger partial charge < -0.3 is 15.4 Å². The Labute approximate surface area is 152 Å². The fourth-order valence-electron chi connectivity index (χ4n) is 2.30. The van der Waals surface area contributed by atoms with Crippen LogP contribution >= 0.6 is 12.4 Å². The second kappa shape index (κ2) is 10.6. The maximum absolute atomic E-state index is 12.7. The van der Waals surface area contributed by atoms with E-state index in [9.17, 15) is 13.6 Å². The van der Waals surface area contributed by atoms with E-state index in [1.165, 1.54) is 24.3 Å². The second-order valence-electron chi connectivity index (χ2n) is 5.26. The van der Waals surface area contributed by atoms with Crippen LogP contribution in [0.15, 0.2) is 54.6 Å². The number of amides is 1. The monoisotopic (exact) mass is 370 g/mol. The van der Waals surface area contributed by atoms with Gasteiger partial charge in [-0.1, -0.05) is 30.3 Å². The molecule has 0 aliphatic carbocycles. The van der Waals surface area contributed by atoms with Crippen molar-refractivity contribution in [3.8, 4) is 5.75 Å². The highest BCUT2D eigenvalue weighted by Crippen LogP contribution is 2.17. The number of halogens is 3. The van der Waals surface area contributed by atoms with E-state index in [0.29, 0.717) is 31.6 Å². The number of benzene rings is 2. The highest BCUT2D eigenvalue weighted by Gasteiger charge is 2.16. The lowest BCUT2D eigenvalue weighted by Crippen LogP contribution is -2.32. The van der Waals surface area contributed by atoms with Gasteiger partial charge in [-0.3, -0.25) is 4.79 Å². The van der Waals surface area contributed by atoms with E-state index in [1.54, 1.807) is 4.90 Å². The van der Waals surface area contributed by atoms with Crippen molar-refractivity contribution in [1.82, 2.24) is 4.90 Å². The zero-order chi connectivity index (χ0) is 17.4. The van der Waals surface area contributed by atoms with E-state index in [0.717, 1.165) is 5.56 Å². The first-order chi connectivity index (χ1) is 11.6. The van der Waals surface area contributed by atoms with Gasteiger partial charge in [-0.2, -0.15) is 8.78 Å².